The molecule has 0 radical (unpaired) electrons. The number of carbonyl (C=O) groups excluding carboxylic acids is 1. The van der Waals surface area contributed by atoms with Gasteiger partial charge >= 0.3 is 0 Å². The summed E-state index contributed by atoms with van der Waals surface area (Å²) in [5.41, 5.74) is -0.287. The predicted molar refractivity (Wildman–Crippen MR) is 53.5 cm³/mol. The molecule has 2 N–H and O–H groups in total. The number of nitrogens with one attached hydrogen (secondary N) is 2. The number of hydrogen-bond acceptors (Lipinski definition) is 2. The van der Waals surface area contributed by atoms with Gasteiger partial charge in [0.05, 0.1) is 5.41 Å². The van der Waals surface area contributed by atoms with Crippen LogP contribution in [-0.2, 0) is 4.79 Å². The molecule has 0 bridgehead atoms. The molecule has 0 spiro atoms. The second-order valence-corrected chi connectivity index (χ2v) is 4.47. The molecule has 0 saturated heterocycles. The van der Waals surface area contributed by atoms with Gasteiger partial charge in [-0.15, -0.1) is 0 Å². The van der Waals surface area contributed by atoms with Gasteiger partial charge < -0.3 is 10.6 Å². The number of amides is 1. The highest BCUT2D eigenvalue weighted by atomic mass is 16.2. The van der Waals surface area contributed by atoms with E-state index in [1.807, 2.05) is 13.8 Å². The first-order valence-corrected chi connectivity index (χ1v) is 5.02. The summed E-state index contributed by atoms with van der Waals surface area (Å²) < 4.78 is 0. The lowest BCUT2D eigenvalue weighted by atomic mass is 9.88. The highest BCUT2D eigenvalue weighted by Gasteiger charge is 2.28. The number of carbonyl (C=O) groups is 1. The Kier molecular flexibility index (Phi) is 3.31. The maximum Gasteiger partial charge on any atom is 0.226 e. The standard InChI is InChI=1S/C10H20N2O/c1-10(2,9(13)11-3)7-12-8-5-4-6-8/h8,12H,4-7H2,1-3H3,(H,11,13). The Morgan fingerprint density at radius 1 is 1.46 bits per heavy atom. The van der Waals surface area contributed by atoms with Crippen molar-refractivity contribution >= 4 is 5.91 Å². The van der Waals surface area contributed by atoms with Crippen molar-refractivity contribution in [3.63, 3.8) is 0 Å². The van der Waals surface area contributed by atoms with Gasteiger partial charge in [0.25, 0.3) is 0 Å². The van der Waals surface area contributed by atoms with Crippen molar-refractivity contribution in [1.29, 1.82) is 0 Å². The van der Waals surface area contributed by atoms with Crippen LogP contribution >= 0.6 is 0 Å². The molecule has 0 atom stereocenters. The zero-order valence-corrected chi connectivity index (χ0v) is 8.81. The molecule has 1 aliphatic rings. The first-order chi connectivity index (χ1) is 6.06. The van der Waals surface area contributed by atoms with Gasteiger partial charge in [-0.25, -0.2) is 0 Å². The van der Waals surface area contributed by atoms with Crippen molar-refractivity contribution in [2.24, 2.45) is 5.41 Å². The third kappa shape index (κ3) is 2.69. The quantitative estimate of drug-likeness (QED) is 0.681. The van der Waals surface area contributed by atoms with Gasteiger partial charge in [0.15, 0.2) is 0 Å². The van der Waals surface area contributed by atoms with Crippen LogP contribution < -0.4 is 10.6 Å². The van der Waals surface area contributed by atoms with Gasteiger partial charge in [0.1, 0.15) is 0 Å². The highest BCUT2D eigenvalue weighted by molar-refractivity contribution is 5.81. The Morgan fingerprint density at radius 3 is 2.46 bits per heavy atom. The number of rotatable bonds is 4. The molecule has 76 valence electrons. The lowest BCUT2D eigenvalue weighted by Crippen LogP contribution is -2.46. The van der Waals surface area contributed by atoms with Crippen molar-refractivity contribution in [2.45, 2.75) is 39.2 Å². The van der Waals surface area contributed by atoms with Gasteiger partial charge in [0.2, 0.25) is 5.91 Å². The van der Waals surface area contributed by atoms with Crippen LogP contribution in [0.1, 0.15) is 33.1 Å². The molecule has 1 rings (SSSR count). The summed E-state index contributed by atoms with van der Waals surface area (Å²) in [6.45, 7) is 4.71. The Bertz CT molecular complexity index is 185. The van der Waals surface area contributed by atoms with Crippen molar-refractivity contribution < 1.29 is 4.79 Å². The molecule has 1 aliphatic carbocycles. The summed E-state index contributed by atoms with van der Waals surface area (Å²) >= 11 is 0. The van der Waals surface area contributed by atoms with Crippen molar-refractivity contribution in [1.82, 2.24) is 10.6 Å². The van der Waals surface area contributed by atoms with Gasteiger partial charge in [-0.1, -0.05) is 6.42 Å². The second-order valence-electron chi connectivity index (χ2n) is 4.47. The SMILES string of the molecule is CNC(=O)C(C)(C)CNC1CCC1. The van der Waals surface area contributed by atoms with E-state index in [2.05, 4.69) is 10.6 Å². The van der Waals surface area contributed by atoms with E-state index in [0.717, 1.165) is 6.54 Å². The molecular weight excluding hydrogens is 164 g/mol. The summed E-state index contributed by atoms with van der Waals surface area (Å²) in [7, 11) is 1.69. The van der Waals surface area contributed by atoms with E-state index in [-0.39, 0.29) is 11.3 Å². The first-order valence-electron chi connectivity index (χ1n) is 5.02. The largest absolute Gasteiger partial charge is 0.359 e. The molecule has 0 unspecified atom stereocenters. The van der Waals surface area contributed by atoms with Gasteiger partial charge in [-0.2, -0.15) is 0 Å². The van der Waals surface area contributed by atoms with Crippen molar-refractivity contribution in [3.05, 3.63) is 0 Å². The molecule has 1 saturated carbocycles. The molecule has 0 aromatic rings. The van der Waals surface area contributed by atoms with Crippen LogP contribution in [0.25, 0.3) is 0 Å². The fourth-order valence-electron chi connectivity index (χ4n) is 1.43. The van der Waals surface area contributed by atoms with Crippen LogP contribution in [0.4, 0.5) is 0 Å². The van der Waals surface area contributed by atoms with E-state index in [1.165, 1.54) is 19.3 Å². The average molecular weight is 184 g/mol. The summed E-state index contributed by atoms with van der Waals surface area (Å²) in [6.07, 6.45) is 3.87. The fraction of sp³-hybridized carbons (Fsp3) is 0.900. The maximum absolute atomic E-state index is 11.4. The van der Waals surface area contributed by atoms with E-state index in [0.29, 0.717) is 6.04 Å². The maximum atomic E-state index is 11.4. The second kappa shape index (κ2) is 4.09. The van der Waals surface area contributed by atoms with Crippen molar-refractivity contribution in [2.75, 3.05) is 13.6 Å². The molecule has 1 amide bonds. The monoisotopic (exact) mass is 184 g/mol. The molecular formula is C10H20N2O. The minimum absolute atomic E-state index is 0.110. The minimum atomic E-state index is -0.287. The van der Waals surface area contributed by atoms with E-state index in [4.69, 9.17) is 0 Å². The topological polar surface area (TPSA) is 41.1 Å². The Labute approximate surface area is 80.3 Å². The summed E-state index contributed by atoms with van der Waals surface area (Å²) in [4.78, 5) is 11.4. The Morgan fingerprint density at radius 2 is 2.08 bits per heavy atom. The Balaban J connectivity index is 2.27. The van der Waals surface area contributed by atoms with Crippen LogP contribution in [0.5, 0.6) is 0 Å². The minimum Gasteiger partial charge on any atom is -0.359 e. The Hall–Kier alpha value is -0.570. The first kappa shape index (κ1) is 10.5. The molecule has 0 aliphatic heterocycles. The normalized spacial score (nSPS) is 18.1. The van der Waals surface area contributed by atoms with E-state index < -0.39 is 0 Å². The fourth-order valence-corrected chi connectivity index (χ4v) is 1.43. The van der Waals surface area contributed by atoms with Crippen LogP contribution in [0, 0.1) is 5.41 Å². The smallest absolute Gasteiger partial charge is 0.226 e. The summed E-state index contributed by atoms with van der Waals surface area (Å²) in [5, 5.41) is 6.10. The third-order valence-corrected chi connectivity index (χ3v) is 2.78. The van der Waals surface area contributed by atoms with E-state index in [1.54, 1.807) is 7.05 Å². The van der Waals surface area contributed by atoms with Crippen LogP contribution in [0.3, 0.4) is 0 Å². The number of hydrogen-bond donors (Lipinski definition) is 2. The predicted octanol–water partition coefficient (Wildman–Crippen LogP) is 0.901. The zero-order chi connectivity index (χ0) is 9.90. The van der Waals surface area contributed by atoms with E-state index in [9.17, 15) is 4.79 Å². The summed E-state index contributed by atoms with van der Waals surface area (Å²) in [6, 6.07) is 0.656. The third-order valence-electron chi connectivity index (χ3n) is 2.78. The van der Waals surface area contributed by atoms with Crippen LogP contribution in [0.2, 0.25) is 0 Å². The average Bonchev–Trinajstić information content (AvgIpc) is 1.99. The van der Waals surface area contributed by atoms with Gasteiger partial charge in [-0.05, 0) is 26.7 Å². The molecule has 0 aromatic carbocycles. The molecule has 0 heterocycles. The molecule has 0 aromatic heterocycles. The highest BCUT2D eigenvalue weighted by Crippen LogP contribution is 2.20. The van der Waals surface area contributed by atoms with Crippen LogP contribution in [-0.4, -0.2) is 25.5 Å². The van der Waals surface area contributed by atoms with Crippen molar-refractivity contribution in [3.8, 4) is 0 Å². The molecule has 3 nitrogen and oxygen atoms in total. The summed E-state index contributed by atoms with van der Waals surface area (Å²) in [5.74, 6) is 0.110. The lowest BCUT2D eigenvalue weighted by molar-refractivity contribution is -0.128. The molecule has 1 fully saturated rings. The van der Waals surface area contributed by atoms with Gasteiger partial charge in [-0.3, -0.25) is 4.79 Å². The molecule has 3 heteroatoms. The lowest BCUT2D eigenvalue weighted by Gasteiger charge is -2.31. The van der Waals surface area contributed by atoms with Gasteiger partial charge in [0, 0.05) is 19.6 Å². The van der Waals surface area contributed by atoms with Crippen LogP contribution in [0.15, 0.2) is 0 Å². The molecule has 13 heavy (non-hydrogen) atoms. The van der Waals surface area contributed by atoms with E-state index >= 15 is 0 Å². The zero-order valence-electron chi connectivity index (χ0n) is 8.81.